The highest BCUT2D eigenvalue weighted by atomic mass is 32.1. The third-order valence-electron chi connectivity index (χ3n) is 2.84. The first-order valence-electron chi connectivity index (χ1n) is 6.41. The van der Waals surface area contributed by atoms with Crippen molar-refractivity contribution in [2.45, 2.75) is 52.0 Å². The molecule has 1 aromatic heterocycles. The summed E-state index contributed by atoms with van der Waals surface area (Å²) in [5, 5.41) is 4.06. The molecule has 0 fully saturated rings. The molecular weight excluding hydrogens is 248 g/mol. The lowest BCUT2D eigenvalue weighted by Gasteiger charge is -2.18. The van der Waals surface area contributed by atoms with Crippen LogP contribution in [0, 0.1) is 0 Å². The second kappa shape index (κ2) is 7.20. The number of anilines is 2. The van der Waals surface area contributed by atoms with Crippen LogP contribution in [0.15, 0.2) is 0 Å². The van der Waals surface area contributed by atoms with Gasteiger partial charge in [-0.2, -0.15) is 4.37 Å². The summed E-state index contributed by atoms with van der Waals surface area (Å²) in [6.45, 7) is 4.32. The maximum absolute atomic E-state index is 11.3. The van der Waals surface area contributed by atoms with Crippen LogP contribution < -0.4 is 16.8 Å². The number of carbonyl (C=O) groups excluding carboxylic acids is 1. The molecule has 1 aromatic rings. The Morgan fingerprint density at radius 3 is 2.67 bits per heavy atom. The Morgan fingerprint density at radius 1 is 1.39 bits per heavy atom. The van der Waals surface area contributed by atoms with E-state index in [1.807, 2.05) is 0 Å². The van der Waals surface area contributed by atoms with Gasteiger partial charge in [0.25, 0.3) is 5.91 Å². The molecule has 1 atom stereocenters. The van der Waals surface area contributed by atoms with Gasteiger partial charge in [0.2, 0.25) is 0 Å². The predicted octanol–water partition coefficient (Wildman–Crippen LogP) is 2.59. The first-order chi connectivity index (χ1) is 8.60. The summed E-state index contributed by atoms with van der Waals surface area (Å²) in [7, 11) is 0. The Hall–Kier alpha value is -1.30. The first kappa shape index (κ1) is 14.8. The molecule has 0 saturated carbocycles. The van der Waals surface area contributed by atoms with Gasteiger partial charge in [0, 0.05) is 6.04 Å². The van der Waals surface area contributed by atoms with E-state index in [9.17, 15) is 4.79 Å². The maximum Gasteiger partial charge on any atom is 0.255 e. The molecule has 18 heavy (non-hydrogen) atoms. The van der Waals surface area contributed by atoms with E-state index in [0.717, 1.165) is 32.1 Å². The summed E-state index contributed by atoms with van der Waals surface area (Å²) in [6.07, 6.45) is 5.57. The van der Waals surface area contributed by atoms with Crippen LogP contribution in [-0.4, -0.2) is 16.3 Å². The second-order valence-corrected chi connectivity index (χ2v) is 5.18. The number of nitrogens with two attached hydrogens (primary N) is 2. The van der Waals surface area contributed by atoms with E-state index in [0.29, 0.717) is 16.6 Å². The molecule has 0 radical (unpaired) electrons. The number of nitrogens with one attached hydrogen (secondary N) is 1. The van der Waals surface area contributed by atoms with Crippen molar-refractivity contribution in [3.8, 4) is 0 Å². The Bertz CT molecular complexity index is 391. The predicted molar refractivity (Wildman–Crippen MR) is 76.9 cm³/mol. The lowest BCUT2D eigenvalue weighted by atomic mass is 10.1. The minimum atomic E-state index is -0.519. The molecule has 0 aliphatic carbocycles. The number of carbonyl (C=O) groups is 1. The molecule has 1 rings (SSSR count). The smallest absolute Gasteiger partial charge is 0.255 e. The van der Waals surface area contributed by atoms with Gasteiger partial charge in [-0.15, -0.1) is 0 Å². The number of primary amides is 1. The van der Waals surface area contributed by atoms with Gasteiger partial charge >= 0.3 is 0 Å². The molecule has 5 nitrogen and oxygen atoms in total. The molecule has 0 bridgehead atoms. The molecular formula is C12H22N4OS. The highest BCUT2D eigenvalue weighted by Gasteiger charge is 2.19. The third kappa shape index (κ3) is 3.87. The topological polar surface area (TPSA) is 94.0 Å². The van der Waals surface area contributed by atoms with Crippen molar-refractivity contribution in [2.24, 2.45) is 5.73 Å². The van der Waals surface area contributed by atoms with Crippen molar-refractivity contribution in [3.63, 3.8) is 0 Å². The Labute approximate surface area is 112 Å². The van der Waals surface area contributed by atoms with E-state index in [2.05, 4.69) is 23.5 Å². The zero-order valence-corrected chi connectivity index (χ0v) is 11.8. The van der Waals surface area contributed by atoms with Gasteiger partial charge in [0.05, 0.1) is 0 Å². The fraction of sp³-hybridized carbons (Fsp3) is 0.667. The van der Waals surface area contributed by atoms with Crippen LogP contribution >= 0.6 is 11.5 Å². The fourth-order valence-electron chi connectivity index (χ4n) is 1.91. The zero-order chi connectivity index (χ0) is 13.5. The number of rotatable bonds is 8. The number of amides is 1. The molecule has 1 unspecified atom stereocenters. The third-order valence-corrected chi connectivity index (χ3v) is 3.64. The number of unbranched alkanes of at least 4 members (excludes halogenated alkanes) is 1. The molecule has 6 heteroatoms. The normalized spacial score (nSPS) is 12.3. The van der Waals surface area contributed by atoms with Gasteiger partial charge in [-0.25, -0.2) is 0 Å². The van der Waals surface area contributed by atoms with Crippen molar-refractivity contribution in [2.75, 3.05) is 11.1 Å². The molecule has 0 saturated heterocycles. The summed E-state index contributed by atoms with van der Waals surface area (Å²) >= 11 is 1.21. The Balaban J connectivity index is 2.76. The van der Waals surface area contributed by atoms with Crippen molar-refractivity contribution in [1.82, 2.24) is 4.37 Å². The fourth-order valence-corrected chi connectivity index (χ4v) is 2.71. The zero-order valence-electron chi connectivity index (χ0n) is 11.0. The van der Waals surface area contributed by atoms with Crippen LogP contribution in [0.25, 0.3) is 0 Å². The minimum Gasteiger partial charge on any atom is -0.382 e. The van der Waals surface area contributed by atoms with E-state index in [1.165, 1.54) is 11.5 Å². The SMILES string of the molecule is CCCCC(CCC)Nc1snc(N)c1C(N)=O. The van der Waals surface area contributed by atoms with Gasteiger partial charge in [0.1, 0.15) is 10.6 Å². The molecule has 102 valence electrons. The lowest BCUT2D eigenvalue weighted by molar-refractivity contribution is 0.100. The monoisotopic (exact) mass is 270 g/mol. The van der Waals surface area contributed by atoms with Gasteiger partial charge in [0.15, 0.2) is 5.82 Å². The molecule has 0 aromatic carbocycles. The Kier molecular flexibility index (Phi) is 5.91. The largest absolute Gasteiger partial charge is 0.382 e. The van der Waals surface area contributed by atoms with Crippen LogP contribution in [0.5, 0.6) is 0 Å². The van der Waals surface area contributed by atoms with Crippen LogP contribution in [0.2, 0.25) is 0 Å². The molecule has 0 aliphatic heterocycles. The summed E-state index contributed by atoms with van der Waals surface area (Å²) in [4.78, 5) is 11.3. The summed E-state index contributed by atoms with van der Waals surface area (Å²) in [5.41, 5.74) is 11.3. The molecule has 1 heterocycles. The van der Waals surface area contributed by atoms with Crippen molar-refractivity contribution >= 4 is 28.3 Å². The first-order valence-corrected chi connectivity index (χ1v) is 7.18. The van der Waals surface area contributed by atoms with Crippen LogP contribution in [0.1, 0.15) is 56.3 Å². The van der Waals surface area contributed by atoms with Crippen LogP contribution in [0.4, 0.5) is 10.8 Å². The quantitative estimate of drug-likeness (QED) is 0.676. The van der Waals surface area contributed by atoms with Gasteiger partial charge in [-0.05, 0) is 24.4 Å². The van der Waals surface area contributed by atoms with Gasteiger partial charge < -0.3 is 16.8 Å². The maximum atomic E-state index is 11.3. The van der Waals surface area contributed by atoms with Crippen molar-refractivity contribution in [3.05, 3.63) is 5.56 Å². The highest BCUT2D eigenvalue weighted by molar-refractivity contribution is 7.11. The highest BCUT2D eigenvalue weighted by Crippen LogP contribution is 2.28. The van der Waals surface area contributed by atoms with E-state index >= 15 is 0 Å². The van der Waals surface area contributed by atoms with E-state index in [-0.39, 0.29) is 5.82 Å². The average molecular weight is 270 g/mol. The van der Waals surface area contributed by atoms with Crippen molar-refractivity contribution in [1.29, 1.82) is 0 Å². The molecule has 1 amide bonds. The number of nitrogens with zero attached hydrogens (tertiary/aromatic N) is 1. The van der Waals surface area contributed by atoms with Gasteiger partial charge in [-0.1, -0.05) is 33.1 Å². The summed E-state index contributed by atoms with van der Waals surface area (Å²) in [6, 6.07) is 0.355. The Morgan fingerprint density at radius 2 is 2.11 bits per heavy atom. The standard InChI is InChI=1S/C12H22N4OS/c1-3-5-7-8(6-4-2)15-12-9(11(14)17)10(13)16-18-12/h8,15H,3-7H2,1-2H3,(H2,13,16)(H2,14,17). The summed E-state index contributed by atoms with van der Waals surface area (Å²) < 4.78 is 3.99. The molecule has 5 N–H and O–H groups in total. The average Bonchev–Trinajstić information content (AvgIpc) is 2.67. The number of aromatic nitrogens is 1. The number of hydrogen-bond acceptors (Lipinski definition) is 5. The van der Waals surface area contributed by atoms with E-state index < -0.39 is 5.91 Å². The lowest BCUT2D eigenvalue weighted by Crippen LogP contribution is -2.21. The number of hydrogen-bond donors (Lipinski definition) is 3. The summed E-state index contributed by atoms with van der Waals surface area (Å²) in [5.74, 6) is -0.296. The molecule has 0 spiro atoms. The molecule has 0 aliphatic rings. The second-order valence-electron chi connectivity index (χ2n) is 4.41. The number of nitrogen functional groups attached to an aromatic ring is 1. The van der Waals surface area contributed by atoms with Crippen LogP contribution in [-0.2, 0) is 0 Å². The van der Waals surface area contributed by atoms with Crippen molar-refractivity contribution < 1.29 is 4.79 Å². The van der Waals surface area contributed by atoms with E-state index in [1.54, 1.807) is 0 Å². The van der Waals surface area contributed by atoms with E-state index in [4.69, 9.17) is 11.5 Å². The van der Waals surface area contributed by atoms with Crippen LogP contribution in [0.3, 0.4) is 0 Å². The minimum absolute atomic E-state index is 0.223. The van der Waals surface area contributed by atoms with Gasteiger partial charge in [-0.3, -0.25) is 4.79 Å².